The van der Waals surface area contributed by atoms with Crippen molar-refractivity contribution >= 4 is 31.6 Å². The van der Waals surface area contributed by atoms with Gasteiger partial charge in [0.15, 0.2) is 0 Å². The highest BCUT2D eigenvalue weighted by molar-refractivity contribution is 9.10. The van der Waals surface area contributed by atoms with Gasteiger partial charge in [0.1, 0.15) is 0 Å². The predicted molar refractivity (Wildman–Crippen MR) is 84.0 cm³/mol. The molecule has 2 rings (SSSR count). The molecule has 0 spiro atoms. The van der Waals surface area contributed by atoms with Gasteiger partial charge >= 0.3 is 0 Å². The molecule has 0 aromatic heterocycles. The fourth-order valence-electron chi connectivity index (χ4n) is 1.79. The summed E-state index contributed by atoms with van der Waals surface area (Å²) < 4.78 is 28.3. The van der Waals surface area contributed by atoms with Gasteiger partial charge in [0.05, 0.1) is 4.90 Å². The van der Waals surface area contributed by atoms with Crippen LogP contribution in [0.1, 0.15) is 11.1 Å². The van der Waals surface area contributed by atoms with Gasteiger partial charge < -0.3 is 5.73 Å². The Bertz CT molecular complexity index is 712. The molecule has 2 aromatic carbocycles. The van der Waals surface area contributed by atoms with E-state index in [4.69, 9.17) is 5.73 Å². The molecule has 0 bridgehead atoms. The number of hydrogen-bond acceptors (Lipinski definition) is 3. The van der Waals surface area contributed by atoms with Crippen LogP contribution in [-0.2, 0) is 16.6 Å². The normalized spacial score (nSPS) is 11.3. The Labute approximate surface area is 127 Å². The van der Waals surface area contributed by atoms with Crippen molar-refractivity contribution in [3.8, 4) is 0 Å². The van der Waals surface area contributed by atoms with Crippen LogP contribution in [0.15, 0.2) is 51.8 Å². The van der Waals surface area contributed by atoms with Crippen molar-refractivity contribution < 1.29 is 8.42 Å². The van der Waals surface area contributed by atoms with Crippen molar-refractivity contribution in [1.82, 2.24) is 0 Å². The third kappa shape index (κ3) is 3.39. The zero-order valence-electron chi connectivity index (χ0n) is 10.9. The second kappa shape index (κ2) is 5.95. The monoisotopic (exact) mass is 354 g/mol. The molecule has 0 saturated carbocycles. The number of benzene rings is 2. The minimum absolute atomic E-state index is 0.253. The van der Waals surface area contributed by atoms with E-state index in [1.165, 1.54) is 0 Å². The van der Waals surface area contributed by atoms with E-state index in [1.807, 2.05) is 6.07 Å². The Morgan fingerprint density at radius 3 is 2.40 bits per heavy atom. The van der Waals surface area contributed by atoms with Crippen LogP contribution in [0.5, 0.6) is 0 Å². The maximum absolute atomic E-state index is 12.4. The summed E-state index contributed by atoms with van der Waals surface area (Å²) in [5.74, 6) is 0. The fourth-order valence-corrected chi connectivity index (χ4v) is 3.41. The molecule has 0 aliphatic carbocycles. The average molecular weight is 355 g/mol. The van der Waals surface area contributed by atoms with E-state index in [-0.39, 0.29) is 4.90 Å². The molecule has 0 fully saturated rings. The first-order valence-corrected chi connectivity index (χ1v) is 8.28. The molecular weight excluding hydrogens is 340 g/mol. The number of anilines is 1. The molecule has 0 atom stereocenters. The van der Waals surface area contributed by atoms with E-state index in [9.17, 15) is 8.42 Å². The van der Waals surface area contributed by atoms with Crippen molar-refractivity contribution in [2.75, 3.05) is 4.72 Å². The maximum Gasteiger partial charge on any atom is 0.262 e. The largest absolute Gasteiger partial charge is 0.326 e. The smallest absolute Gasteiger partial charge is 0.262 e. The third-order valence-electron chi connectivity index (χ3n) is 2.87. The highest BCUT2D eigenvalue weighted by Crippen LogP contribution is 2.22. The van der Waals surface area contributed by atoms with Crippen molar-refractivity contribution in [2.24, 2.45) is 5.73 Å². The number of sulfonamides is 1. The summed E-state index contributed by atoms with van der Waals surface area (Å²) in [6.45, 7) is 2.07. The Kier molecular flexibility index (Phi) is 4.47. The highest BCUT2D eigenvalue weighted by atomic mass is 79.9. The van der Waals surface area contributed by atoms with Crippen molar-refractivity contribution in [2.45, 2.75) is 18.4 Å². The van der Waals surface area contributed by atoms with E-state index in [1.54, 1.807) is 43.3 Å². The van der Waals surface area contributed by atoms with Crippen LogP contribution in [-0.4, -0.2) is 8.42 Å². The summed E-state index contributed by atoms with van der Waals surface area (Å²) in [4.78, 5) is 0.253. The SMILES string of the molecule is Cc1ccc(CN)cc1S(=O)(=O)Nc1ccc(Br)cc1. The van der Waals surface area contributed by atoms with Gasteiger partial charge in [-0.1, -0.05) is 28.1 Å². The Balaban J connectivity index is 2.37. The predicted octanol–water partition coefficient (Wildman–Crippen LogP) is 3.02. The summed E-state index contributed by atoms with van der Waals surface area (Å²) in [7, 11) is -3.61. The number of aryl methyl sites for hydroxylation is 1. The maximum atomic E-state index is 12.4. The number of hydrogen-bond donors (Lipinski definition) is 2. The van der Waals surface area contributed by atoms with Crippen LogP contribution in [0.25, 0.3) is 0 Å². The molecule has 2 aromatic rings. The molecular formula is C14H15BrN2O2S. The number of nitrogens with one attached hydrogen (secondary N) is 1. The zero-order valence-corrected chi connectivity index (χ0v) is 13.3. The van der Waals surface area contributed by atoms with Crippen LogP contribution in [0.2, 0.25) is 0 Å². The molecule has 0 heterocycles. The lowest BCUT2D eigenvalue weighted by molar-refractivity contribution is 0.600. The second-order valence-corrected chi connectivity index (χ2v) is 6.98. The number of rotatable bonds is 4. The van der Waals surface area contributed by atoms with Gasteiger partial charge in [0, 0.05) is 16.7 Å². The molecule has 106 valence electrons. The number of halogens is 1. The van der Waals surface area contributed by atoms with Crippen LogP contribution in [0.4, 0.5) is 5.69 Å². The Morgan fingerprint density at radius 1 is 1.15 bits per heavy atom. The van der Waals surface area contributed by atoms with Gasteiger partial charge in [-0.3, -0.25) is 4.72 Å². The molecule has 0 aliphatic rings. The first-order chi connectivity index (χ1) is 9.42. The quantitative estimate of drug-likeness (QED) is 0.886. The van der Waals surface area contributed by atoms with Gasteiger partial charge in [-0.2, -0.15) is 0 Å². The van der Waals surface area contributed by atoms with Crippen molar-refractivity contribution in [1.29, 1.82) is 0 Å². The topological polar surface area (TPSA) is 72.2 Å². The lowest BCUT2D eigenvalue weighted by atomic mass is 10.1. The molecule has 0 unspecified atom stereocenters. The molecule has 4 nitrogen and oxygen atoms in total. The summed E-state index contributed by atoms with van der Waals surface area (Å²) in [6.07, 6.45) is 0. The van der Waals surface area contributed by atoms with Gasteiger partial charge in [-0.15, -0.1) is 0 Å². The first-order valence-electron chi connectivity index (χ1n) is 6.00. The molecule has 0 radical (unpaired) electrons. The molecule has 0 saturated heterocycles. The molecule has 3 N–H and O–H groups in total. The van der Waals surface area contributed by atoms with Crippen LogP contribution >= 0.6 is 15.9 Å². The lowest BCUT2D eigenvalue weighted by Gasteiger charge is -2.11. The minimum Gasteiger partial charge on any atom is -0.326 e. The first kappa shape index (κ1) is 15.0. The Hall–Kier alpha value is -1.37. The minimum atomic E-state index is -3.61. The molecule has 0 aliphatic heterocycles. The van der Waals surface area contributed by atoms with Crippen molar-refractivity contribution in [3.05, 3.63) is 58.1 Å². The van der Waals surface area contributed by atoms with E-state index < -0.39 is 10.0 Å². The van der Waals surface area contributed by atoms with E-state index in [0.717, 1.165) is 10.0 Å². The zero-order chi connectivity index (χ0) is 14.8. The molecule has 6 heteroatoms. The summed E-state index contributed by atoms with van der Waals surface area (Å²) in [5.41, 5.74) is 7.55. The summed E-state index contributed by atoms with van der Waals surface area (Å²) in [5, 5.41) is 0. The van der Waals surface area contributed by atoms with Crippen molar-refractivity contribution in [3.63, 3.8) is 0 Å². The lowest BCUT2D eigenvalue weighted by Crippen LogP contribution is -2.15. The summed E-state index contributed by atoms with van der Waals surface area (Å²) >= 11 is 3.31. The fraction of sp³-hybridized carbons (Fsp3) is 0.143. The average Bonchev–Trinajstić information content (AvgIpc) is 2.41. The van der Waals surface area contributed by atoms with Crippen LogP contribution in [0, 0.1) is 6.92 Å². The van der Waals surface area contributed by atoms with Crippen LogP contribution in [0.3, 0.4) is 0 Å². The number of nitrogens with two attached hydrogens (primary N) is 1. The van der Waals surface area contributed by atoms with E-state index >= 15 is 0 Å². The second-order valence-electron chi connectivity index (χ2n) is 4.42. The summed E-state index contributed by atoms with van der Waals surface area (Å²) in [6, 6.07) is 12.2. The molecule has 20 heavy (non-hydrogen) atoms. The van der Waals surface area contributed by atoms with Gasteiger partial charge in [0.2, 0.25) is 0 Å². The third-order valence-corrected chi connectivity index (χ3v) is 4.93. The van der Waals surface area contributed by atoms with Gasteiger partial charge in [-0.25, -0.2) is 8.42 Å². The Morgan fingerprint density at radius 2 is 1.80 bits per heavy atom. The molecule has 0 amide bonds. The van der Waals surface area contributed by atoms with Crippen LogP contribution < -0.4 is 10.5 Å². The van der Waals surface area contributed by atoms with Gasteiger partial charge in [0.25, 0.3) is 10.0 Å². The standard InChI is InChI=1S/C14H15BrN2O2S/c1-10-2-3-11(9-16)8-14(10)20(18,19)17-13-6-4-12(15)5-7-13/h2-8,17H,9,16H2,1H3. The van der Waals surface area contributed by atoms with E-state index in [0.29, 0.717) is 17.8 Å². The highest BCUT2D eigenvalue weighted by Gasteiger charge is 2.17. The van der Waals surface area contributed by atoms with E-state index in [2.05, 4.69) is 20.7 Å². The van der Waals surface area contributed by atoms with Gasteiger partial charge in [-0.05, 0) is 48.4 Å².